The van der Waals surface area contributed by atoms with E-state index in [2.05, 4.69) is 33.8 Å². The van der Waals surface area contributed by atoms with E-state index < -0.39 is 12.0 Å². The van der Waals surface area contributed by atoms with Gasteiger partial charge in [0, 0.05) is 53.7 Å². The van der Waals surface area contributed by atoms with Gasteiger partial charge in [0.1, 0.15) is 11.9 Å². The Bertz CT molecular complexity index is 1270. The first-order chi connectivity index (χ1) is 15.0. The van der Waals surface area contributed by atoms with Crippen molar-refractivity contribution in [3.8, 4) is 0 Å². The summed E-state index contributed by atoms with van der Waals surface area (Å²) in [6, 6.07) is 17.6. The first kappa shape index (κ1) is 19.6. The van der Waals surface area contributed by atoms with Crippen molar-refractivity contribution >= 4 is 33.6 Å². The lowest BCUT2D eigenvalue weighted by Gasteiger charge is -2.38. The van der Waals surface area contributed by atoms with Crippen LogP contribution in [0.15, 0.2) is 54.6 Å². The van der Waals surface area contributed by atoms with Gasteiger partial charge in [-0.3, -0.25) is 9.69 Å². The Labute approximate surface area is 181 Å². The number of carboxylic acids is 1. The highest BCUT2D eigenvalue weighted by molar-refractivity contribution is 5.90. The van der Waals surface area contributed by atoms with Gasteiger partial charge in [-0.25, -0.2) is 4.98 Å². The maximum absolute atomic E-state index is 12.4. The number of aryl methyl sites for hydroxylation is 2. The van der Waals surface area contributed by atoms with Crippen molar-refractivity contribution in [1.29, 1.82) is 0 Å². The molecule has 5 rings (SSSR count). The second-order valence-electron chi connectivity index (χ2n) is 8.29. The van der Waals surface area contributed by atoms with E-state index in [1.165, 1.54) is 10.9 Å². The molecule has 2 aromatic carbocycles. The highest BCUT2D eigenvalue weighted by Gasteiger charge is 2.33. The fourth-order valence-corrected chi connectivity index (χ4v) is 4.82. The van der Waals surface area contributed by atoms with Gasteiger partial charge in [0.2, 0.25) is 0 Å². The van der Waals surface area contributed by atoms with E-state index in [0.717, 1.165) is 46.6 Å². The quantitative estimate of drug-likeness (QED) is 0.521. The SMILES string of the molecule is Cc1[nH]c2ccccc2c1[C@H](C(=O)O)N1CCN(c2cc(C)c3ccccc3n2)CC1. The van der Waals surface area contributed by atoms with Gasteiger partial charge >= 0.3 is 5.97 Å². The molecular weight excluding hydrogens is 388 g/mol. The van der Waals surface area contributed by atoms with Crippen LogP contribution in [0.4, 0.5) is 5.82 Å². The van der Waals surface area contributed by atoms with Crippen molar-refractivity contribution in [3.05, 3.63) is 71.4 Å². The summed E-state index contributed by atoms with van der Waals surface area (Å²) in [5.74, 6) is 0.159. The van der Waals surface area contributed by atoms with Crippen LogP contribution in [0.5, 0.6) is 0 Å². The Hall–Kier alpha value is -3.38. The zero-order chi connectivity index (χ0) is 21.5. The van der Waals surface area contributed by atoms with Gasteiger partial charge in [0.25, 0.3) is 0 Å². The van der Waals surface area contributed by atoms with E-state index in [1.54, 1.807) is 0 Å². The molecule has 0 aliphatic carbocycles. The molecule has 0 radical (unpaired) electrons. The number of aliphatic carboxylic acids is 1. The first-order valence-electron chi connectivity index (χ1n) is 10.7. The van der Waals surface area contributed by atoms with Gasteiger partial charge in [0.15, 0.2) is 0 Å². The molecule has 0 spiro atoms. The Morgan fingerprint density at radius 3 is 2.42 bits per heavy atom. The number of H-pyrrole nitrogens is 1. The predicted octanol–water partition coefficient (Wildman–Crippen LogP) is 4.28. The number of carbonyl (C=O) groups is 1. The Morgan fingerprint density at radius 2 is 1.68 bits per heavy atom. The van der Waals surface area contributed by atoms with Crippen LogP contribution in [0.2, 0.25) is 0 Å². The molecule has 0 saturated carbocycles. The maximum atomic E-state index is 12.4. The lowest BCUT2D eigenvalue weighted by atomic mass is 10.0. The van der Waals surface area contributed by atoms with Crippen LogP contribution in [-0.2, 0) is 4.79 Å². The molecule has 4 aromatic rings. The monoisotopic (exact) mass is 414 g/mol. The van der Waals surface area contributed by atoms with Crippen molar-refractivity contribution in [2.75, 3.05) is 31.1 Å². The minimum Gasteiger partial charge on any atom is -0.480 e. The minimum absolute atomic E-state index is 0.662. The second-order valence-corrected chi connectivity index (χ2v) is 8.29. The molecular formula is C25H26N4O2. The summed E-state index contributed by atoms with van der Waals surface area (Å²) in [5, 5.41) is 12.3. The fraction of sp³-hybridized carbons (Fsp3) is 0.280. The number of rotatable bonds is 4. The van der Waals surface area contributed by atoms with Crippen LogP contribution >= 0.6 is 0 Å². The Balaban J connectivity index is 1.41. The number of hydrogen-bond acceptors (Lipinski definition) is 4. The molecule has 1 saturated heterocycles. The number of benzene rings is 2. The standard InChI is InChI=1S/C25H26N4O2/c1-16-15-22(27-20-9-5-3-7-18(16)20)28-11-13-29(14-12-28)24(25(30)31)23-17(2)26-21-10-6-4-8-19(21)23/h3-10,15,24,26H,11-14H2,1-2H3,(H,30,31)/t24-/m1/s1. The molecule has 0 bridgehead atoms. The number of nitrogens with zero attached hydrogens (tertiary/aromatic N) is 3. The topological polar surface area (TPSA) is 72.5 Å². The maximum Gasteiger partial charge on any atom is 0.325 e. The Morgan fingerprint density at radius 1 is 1.00 bits per heavy atom. The molecule has 0 unspecified atom stereocenters. The average Bonchev–Trinajstić information content (AvgIpc) is 3.10. The summed E-state index contributed by atoms with van der Waals surface area (Å²) < 4.78 is 0. The number of pyridine rings is 1. The van der Waals surface area contributed by atoms with Crippen LogP contribution in [0.25, 0.3) is 21.8 Å². The lowest BCUT2D eigenvalue weighted by molar-refractivity contribution is -0.143. The van der Waals surface area contributed by atoms with E-state index in [0.29, 0.717) is 13.1 Å². The van der Waals surface area contributed by atoms with Gasteiger partial charge in [-0.2, -0.15) is 0 Å². The van der Waals surface area contributed by atoms with E-state index >= 15 is 0 Å². The number of fused-ring (bicyclic) bond motifs is 2. The smallest absolute Gasteiger partial charge is 0.325 e. The number of aromatic nitrogens is 2. The number of nitrogens with one attached hydrogen (secondary N) is 1. The van der Waals surface area contributed by atoms with Gasteiger partial charge < -0.3 is 15.0 Å². The molecule has 1 atom stereocenters. The number of hydrogen-bond donors (Lipinski definition) is 2. The molecule has 3 heterocycles. The third kappa shape index (κ3) is 3.43. The molecule has 1 fully saturated rings. The molecule has 6 heteroatoms. The van der Waals surface area contributed by atoms with E-state index in [4.69, 9.17) is 4.98 Å². The van der Waals surface area contributed by atoms with Gasteiger partial charge in [-0.05, 0) is 37.6 Å². The fourth-order valence-electron chi connectivity index (χ4n) is 4.82. The first-order valence-corrected chi connectivity index (χ1v) is 10.7. The molecule has 6 nitrogen and oxygen atoms in total. The van der Waals surface area contributed by atoms with E-state index in [-0.39, 0.29) is 0 Å². The number of para-hydroxylation sites is 2. The zero-order valence-corrected chi connectivity index (χ0v) is 17.8. The van der Waals surface area contributed by atoms with Crippen LogP contribution in [0, 0.1) is 13.8 Å². The highest BCUT2D eigenvalue weighted by atomic mass is 16.4. The number of aromatic amines is 1. The van der Waals surface area contributed by atoms with Crippen LogP contribution in [-0.4, -0.2) is 52.1 Å². The van der Waals surface area contributed by atoms with Crippen molar-refractivity contribution in [2.45, 2.75) is 19.9 Å². The molecule has 31 heavy (non-hydrogen) atoms. The largest absolute Gasteiger partial charge is 0.480 e. The molecule has 1 aliphatic heterocycles. The molecule has 1 aliphatic rings. The summed E-state index contributed by atoms with van der Waals surface area (Å²) >= 11 is 0. The average molecular weight is 415 g/mol. The summed E-state index contributed by atoms with van der Waals surface area (Å²) in [7, 11) is 0. The van der Waals surface area contributed by atoms with E-state index in [9.17, 15) is 9.90 Å². The number of anilines is 1. The van der Waals surface area contributed by atoms with Crippen LogP contribution < -0.4 is 4.90 Å². The van der Waals surface area contributed by atoms with Crippen LogP contribution in [0.1, 0.15) is 22.9 Å². The van der Waals surface area contributed by atoms with Crippen LogP contribution in [0.3, 0.4) is 0 Å². The van der Waals surface area contributed by atoms with Crippen molar-refractivity contribution in [1.82, 2.24) is 14.9 Å². The third-order valence-corrected chi connectivity index (χ3v) is 6.36. The summed E-state index contributed by atoms with van der Waals surface area (Å²) in [6.07, 6.45) is 0. The molecule has 158 valence electrons. The molecule has 2 aromatic heterocycles. The van der Waals surface area contributed by atoms with Crippen molar-refractivity contribution in [2.24, 2.45) is 0 Å². The van der Waals surface area contributed by atoms with Crippen molar-refractivity contribution in [3.63, 3.8) is 0 Å². The summed E-state index contributed by atoms with van der Waals surface area (Å²) in [4.78, 5) is 24.9. The number of piperazine rings is 1. The Kier molecular flexibility index (Phi) is 4.87. The van der Waals surface area contributed by atoms with E-state index in [1.807, 2.05) is 49.4 Å². The molecule has 2 N–H and O–H groups in total. The summed E-state index contributed by atoms with van der Waals surface area (Å²) in [6.45, 7) is 6.91. The lowest BCUT2D eigenvalue weighted by Crippen LogP contribution is -2.49. The highest BCUT2D eigenvalue weighted by Crippen LogP contribution is 2.33. The second kappa shape index (κ2) is 7.71. The van der Waals surface area contributed by atoms with Crippen molar-refractivity contribution < 1.29 is 9.90 Å². The summed E-state index contributed by atoms with van der Waals surface area (Å²) in [5.41, 5.74) is 4.98. The third-order valence-electron chi connectivity index (χ3n) is 6.36. The van der Waals surface area contributed by atoms with Gasteiger partial charge in [-0.15, -0.1) is 0 Å². The minimum atomic E-state index is -0.805. The normalized spacial score (nSPS) is 16.1. The van der Waals surface area contributed by atoms with Gasteiger partial charge in [0.05, 0.1) is 5.52 Å². The molecule has 0 amide bonds. The van der Waals surface area contributed by atoms with Gasteiger partial charge in [-0.1, -0.05) is 36.4 Å². The number of carboxylic acid groups (broad SMARTS) is 1. The zero-order valence-electron chi connectivity index (χ0n) is 17.8. The predicted molar refractivity (Wildman–Crippen MR) is 124 cm³/mol.